The zero-order chi connectivity index (χ0) is 19.1. The zero-order valence-corrected chi connectivity index (χ0v) is 15.4. The molecular weight excluding hydrogens is 352 g/mol. The van der Waals surface area contributed by atoms with E-state index in [2.05, 4.69) is 22.1 Å². The van der Waals surface area contributed by atoms with Crippen LogP contribution in [-0.4, -0.2) is 38.4 Å². The van der Waals surface area contributed by atoms with E-state index in [1.54, 1.807) is 18.5 Å². The summed E-state index contributed by atoms with van der Waals surface area (Å²) >= 11 is 0. The van der Waals surface area contributed by atoms with Crippen LogP contribution >= 0.6 is 0 Å². The van der Waals surface area contributed by atoms with Crippen LogP contribution in [0.5, 0.6) is 0 Å². The summed E-state index contributed by atoms with van der Waals surface area (Å²) in [7, 11) is 0. The first-order valence-corrected chi connectivity index (χ1v) is 9.55. The minimum Gasteiger partial charge on any atom is -0.336 e. The van der Waals surface area contributed by atoms with Crippen LogP contribution in [0.1, 0.15) is 28.5 Å². The smallest absolute Gasteiger partial charge is 0.274 e. The van der Waals surface area contributed by atoms with Gasteiger partial charge in [-0.2, -0.15) is 0 Å². The van der Waals surface area contributed by atoms with Gasteiger partial charge in [0, 0.05) is 55.3 Å². The van der Waals surface area contributed by atoms with E-state index < -0.39 is 0 Å². The Morgan fingerprint density at radius 2 is 1.86 bits per heavy atom. The fourth-order valence-corrected chi connectivity index (χ4v) is 4.61. The predicted octanol–water partition coefficient (Wildman–Crippen LogP) is 2.56. The number of amides is 1. The lowest BCUT2D eigenvalue weighted by atomic mass is 9.80. The van der Waals surface area contributed by atoms with Crippen LogP contribution in [0.25, 0.3) is 11.1 Å². The topological polar surface area (TPSA) is 68.1 Å². The van der Waals surface area contributed by atoms with Crippen LogP contribution < -0.4 is 5.56 Å². The van der Waals surface area contributed by atoms with Crippen molar-refractivity contribution in [3.05, 3.63) is 82.8 Å². The van der Waals surface area contributed by atoms with Crippen molar-refractivity contribution in [1.82, 2.24) is 19.4 Å². The third-order valence-corrected chi connectivity index (χ3v) is 5.74. The van der Waals surface area contributed by atoms with E-state index in [1.165, 1.54) is 6.20 Å². The zero-order valence-electron chi connectivity index (χ0n) is 15.4. The van der Waals surface area contributed by atoms with Gasteiger partial charge in [0.1, 0.15) is 5.69 Å². The molecule has 0 unspecified atom stereocenters. The lowest BCUT2D eigenvalue weighted by Gasteiger charge is -2.43. The van der Waals surface area contributed by atoms with E-state index in [0.717, 1.165) is 23.2 Å². The summed E-state index contributed by atoms with van der Waals surface area (Å²) in [6, 6.07) is 13.7. The van der Waals surface area contributed by atoms with Gasteiger partial charge in [0.2, 0.25) is 0 Å². The molecule has 0 N–H and O–H groups in total. The number of fused-ring (bicyclic) bond motifs is 4. The molecule has 6 nitrogen and oxygen atoms in total. The number of rotatable bonds is 2. The fourth-order valence-electron chi connectivity index (χ4n) is 4.61. The van der Waals surface area contributed by atoms with Crippen LogP contribution in [0.15, 0.2) is 65.8 Å². The van der Waals surface area contributed by atoms with Crippen LogP contribution in [0, 0.1) is 5.92 Å². The lowest BCUT2D eigenvalue weighted by molar-refractivity contribution is 0.0589. The molecule has 1 saturated heterocycles. The number of nitrogens with zero attached hydrogens (tertiary/aromatic N) is 4. The van der Waals surface area contributed by atoms with Gasteiger partial charge in [0.05, 0.1) is 6.20 Å². The van der Waals surface area contributed by atoms with Gasteiger partial charge in [-0.05, 0) is 24.0 Å². The number of pyridine rings is 1. The van der Waals surface area contributed by atoms with Gasteiger partial charge in [-0.3, -0.25) is 14.6 Å². The Kier molecular flexibility index (Phi) is 4.04. The first kappa shape index (κ1) is 16.9. The number of carbonyl (C=O) groups is 1. The molecule has 0 aliphatic carbocycles. The molecule has 0 saturated carbocycles. The summed E-state index contributed by atoms with van der Waals surface area (Å²) in [5.41, 5.74) is 3.64. The summed E-state index contributed by atoms with van der Waals surface area (Å²) in [4.78, 5) is 35.6. The maximum atomic E-state index is 12.9. The Morgan fingerprint density at radius 3 is 2.64 bits per heavy atom. The summed E-state index contributed by atoms with van der Waals surface area (Å²) in [6.45, 7) is 1.89. The molecule has 5 rings (SSSR count). The summed E-state index contributed by atoms with van der Waals surface area (Å²) in [5, 5.41) is 0. The molecule has 0 spiro atoms. The van der Waals surface area contributed by atoms with Crippen molar-refractivity contribution in [2.24, 2.45) is 5.92 Å². The maximum Gasteiger partial charge on any atom is 0.274 e. The van der Waals surface area contributed by atoms with Crippen molar-refractivity contribution >= 4 is 5.91 Å². The highest BCUT2D eigenvalue weighted by atomic mass is 16.2. The molecule has 2 aromatic heterocycles. The molecule has 1 aromatic carbocycles. The number of carbonyl (C=O) groups excluding carboxylic acids is 1. The van der Waals surface area contributed by atoms with E-state index in [9.17, 15) is 9.59 Å². The highest BCUT2D eigenvalue weighted by molar-refractivity contribution is 5.92. The standard InChI is InChI=1S/C22H20N4O2/c27-20-7-6-18(16-4-2-1-3-5-16)21-17-10-15(13-26(20)21)12-25(14-17)22(28)19-11-23-8-9-24-19/h1-9,11,15,17H,10,12-14H2/t15-,17-/m0/s1. The monoisotopic (exact) mass is 372 g/mol. The van der Waals surface area contributed by atoms with Gasteiger partial charge in [-0.25, -0.2) is 4.98 Å². The van der Waals surface area contributed by atoms with Crippen molar-refractivity contribution in [2.45, 2.75) is 18.9 Å². The molecular formula is C22H20N4O2. The highest BCUT2D eigenvalue weighted by Crippen LogP contribution is 2.40. The Bertz CT molecular complexity index is 1080. The average molecular weight is 372 g/mol. The number of aromatic nitrogens is 3. The first-order valence-electron chi connectivity index (χ1n) is 9.55. The third kappa shape index (κ3) is 2.81. The van der Waals surface area contributed by atoms with Crippen LogP contribution in [0.3, 0.4) is 0 Å². The Labute approximate surface area is 162 Å². The van der Waals surface area contributed by atoms with Gasteiger partial charge < -0.3 is 9.47 Å². The predicted molar refractivity (Wildman–Crippen MR) is 105 cm³/mol. The first-order chi connectivity index (χ1) is 13.7. The van der Waals surface area contributed by atoms with Gasteiger partial charge in [-0.1, -0.05) is 30.3 Å². The maximum absolute atomic E-state index is 12.9. The van der Waals surface area contributed by atoms with E-state index in [4.69, 9.17) is 0 Å². The lowest BCUT2D eigenvalue weighted by Crippen LogP contribution is -2.49. The van der Waals surface area contributed by atoms with Crippen molar-refractivity contribution in [2.75, 3.05) is 13.1 Å². The van der Waals surface area contributed by atoms with Gasteiger partial charge >= 0.3 is 0 Å². The number of benzene rings is 1. The van der Waals surface area contributed by atoms with Crippen LogP contribution in [-0.2, 0) is 6.54 Å². The number of piperidine rings is 1. The minimum absolute atomic E-state index is 0.0399. The minimum atomic E-state index is -0.0872. The number of hydrogen-bond donors (Lipinski definition) is 0. The largest absolute Gasteiger partial charge is 0.336 e. The molecule has 140 valence electrons. The summed E-state index contributed by atoms with van der Waals surface area (Å²) in [5.74, 6) is 0.323. The normalized spacial score (nSPS) is 20.5. The number of hydrogen-bond acceptors (Lipinski definition) is 4. The SMILES string of the molecule is O=C(c1cnccn1)N1C[C@@H]2C[C@@H](C1)c1c(-c3ccccc3)ccc(=O)n1C2. The molecule has 2 bridgehead atoms. The molecule has 28 heavy (non-hydrogen) atoms. The Morgan fingerprint density at radius 1 is 1.00 bits per heavy atom. The van der Waals surface area contributed by atoms with Gasteiger partial charge in [0.25, 0.3) is 11.5 Å². The fraction of sp³-hybridized carbons (Fsp3) is 0.273. The Hall–Kier alpha value is -3.28. The molecule has 2 aliphatic rings. The van der Waals surface area contributed by atoms with E-state index in [1.807, 2.05) is 33.7 Å². The van der Waals surface area contributed by atoms with E-state index in [0.29, 0.717) is 25.3 Å². The van der Waals surface area contributed by atoms with Gasteiger partial charge in [-0.15, -0.1) is 0 Å². The van der Waals surface area contributed by atoms with Crippen molar-refractivity contribution in [3.63, 3.8) is 0 Å². The second-order valence-corrected chi connectivity index (χ2v) is 7.55. The van der Waals surface area contributed by atoms with E-state index >= 15 is 0 Å². The molecule has 1 amide bonds. The molecule has 2 atom stereocenters. The third-order valence-electron chi connectivity index (χ3n) is 5.74. The second-order valence-electron chi connectivity index (χ2n) is 7.55. The highest BCUT2D eigenvalue weighted by Gasteiger charge is 2.38. The van der Waals surface area contributed by atoms with Crippen LogP contribution in [0.2, 0.25) is 0 Å². The molecule has 6 heteroatoms. The van der Waals surface area contributed by atoms with Crippen LogP contribution in [0.4, 0.5) is 0 Å². The Balaban J connectivity index is 1.55. The average Bonchev–Trinajstić information content (AvgIpc) is 2.75. The second kappa shape index (κ2) is 6.71. The molecule has 3 aromatic rings. The van der Waals surface area contributed by atoms with E-state index in [-0.39, 0.29) is 23.3 Å². The van der Waals surface area contributed by atoms with Crippen molar-refractivity contribution in [1.29, 1.82) is 0 Å². The van der Waals surface area contributed by atoms with Crippen molar-refractivity contribution in [3.8, 4) is 11.1 Å². The molecule has 2 aliphatic heterocycles. The number of likely N-dealkylation sites (tertiary alicyclic amines) is 1. The van der Waals surface area contributed by atoms with Gasteiger partial charge in [0.15, 0.2) is 0 Å². The molecule has 4 heterocycles. The molecule has 1 fully saturated rings. The summed E-state index contributed by atoms with van der Waals surface area (Å²) < 4.78 is 1.92. The summed E-state index contributed by atoms with van der Waals surface area (Å²) in [6.07, 6.45) is 5.62. The molecule has 0 radical (unpaired) electrons. The quantitative estimate of drug-likeness (QED) is 0.693. The van der Waals surface area contributed by atoms with Crippen molar-refractivity contribution < 1.29 is 4.79 Å².